The Hall–Kier alpha value is -0.900. The van der Waals surface area contributed by atoms with Gasteiger partial charge in [0.1, 0.15) is 0 Å². The van der Waals surface area contributed by atoms with Crippen LogP contribution in [-0.4, -0.2) is 22.7 Å². The van der Waals surface area contributed by atoms with Crippen LogP contribution in [0, 0.1) is 11.8 Å². The van der Waals surface area contributed by atoms with Gasteiger partial charge in [-0.25, -0.2) is 0 Å². The Kier molecular flexibility index (Phi) is 3.37. The Morgan fingerprint density at radius 2 is 2.22 bits per heavy atom. The Labute approximate surface area is 109 Å². The molecule has 4 nitrogen and oxygen atoms in total. The van der Waals surface area contributed by atoms with Gasteiger partial charge in [0.05, 0.1) is 0 Å². The summed E-state index contributed by atoms with van der Waals surface area (Å²) in [6, 6.07) is 0.537. The van der Waals surface area contributed by atoms with Crippen molar-refractivity contribution in [3.63, 3.8) is 0 Å². The number of nitrogens with zero attached hydrogens (tertiary/aromatic N) is 2. The van der Waals surface area contributed by atoms with E-state index in [0.29, 0.717) is 12.0 Å². The summed E-state index contributed by atoms with van der Waals surface area (Å²) in [6.45, 7) is 5.54. The van der Waals surface area contributed by atoms with Crippen molar-refractivity contribution < 1.29 is 4.52 Å². The van der Waals surface area contributed by atoms with Crippen molar-refractivity contribution in [2.24, 2.45) is 11.8 Å². The first kappa shape index (κ1) is 12.2. The van der Waals surface area contributed by atoms with Gasteiger partial charge in [0.15, 0.2) is 5.82 Å². The predicted molar refractivity (Wildman–Crippen MR) is 69.3 cm³/mol. The van der Waals surface area contributed by atoms with Crippen LogP contribution in [-0.2, 0) is 6.42 Å². The number of nitrogens with one attached hydrogen (secondary N) is 1. The lowest BCUT2D eigenvalue weighted by atomic mass is 10.1. The molecule has 1 N–H and O–H groups in total. The maximum absolute atomic E-state index is 5.40. The van der Waals surface area contributed by atoms with E-state index in [1.165, 1.54) is 25.7 Å². The van der Waals surface area contributed by atoms with Crippen molar-refractivity contribution in [2.75, 3.05) is 6.54 Å². The molecule has 2 aliphatic carbocycles. The molecule has 0 radical (unpaired) electrons. The number of hydrogen-bond acceptors (Lipinski definition) is 4. The van der Waals surface area contributed by atoms with Crippen LogP contribution in [0.5, 0.6) is 0 Å². The molecular formula is C14H23N3O. The van der Waals surface area contributed by atoms with Crippen LogP contribution in [0.25, 0.3) is 0 Å². The van der Waals surface area contributed by atoms with Gasteiger partial charge in [-0.3, -0.25) is 0 Å². The molecule has 0 bridgehead atoms. The first-order valence-corrected chi connectivity index (χ1v) is 7.33. The highest BCUT2D eigenvalue weighted by atomic mass is 16.5. The molecule has 100 valence electrons. The highest BCUT2D eigenvalue weighted by Gasteiger charge is 2.38. The van der Waals surface area contributed by atoms with Gasteiger partial charge >= 0.3 is 0 Å². The first-order chi connectivity index (χ1) is 8.78. The van der Waals surface area contributed by atoms with Gasteiger partial charge in [-0.15, -0.1) is 0 Å². The molecule has 1 heterocycles. The van der Waals surface area contributed by atoms with Crippen molar-refractivity contribution in [3.05, 3.63) is 11.7 Å². The number of hydrogen-bond donors (Lipinski definition) is 1. The van der Waals surface area contributed by atoms with Crippen LogP contribution in [0.4, 0.5) is 0 Å². The lowest BCUT2D eigenvalue weighted by Crippen LogP contribution is -2.33. The van der Waals surface area contributed by atoms with Crippen LogP contribution in [0.3, 0.4) is 0 Å². The average molecular weight is 249 g/mol. The fraction of sp³-hybridized carbons (Fsp3) is 0.857. The summed E-state index contributed by atoms with van der Waals surface area (Å²) in [5, 5.41) is 7.74. The molecule has 0 saturated heterocycles. The third-order valence-corrected chi connectivity index (χ3v) is 4.17. The van der Waals surface area contributed by atoms with Crippen molar-refractivity contribution in [1.29, 1.82) is 0 Å². The molecule has 2 saturated carbocycles. The van der Waals surface area contributed by atoms with E-state index >= 15 is 0 Å². The maximum atomic E-state index is 5.40. The van der Waals surface area contributed by atoms with Crippen LogP contribution < -0.4 is 5.32 Å². The summed E-state index contributed by atoms with van der Waals surface area (Å²) in [5.74, 6) is 3.89. The summed E-state index contributed by atoms with van der Waals surface area (Å²) in [4.78, 5) is 4.56. The molecule has 2 fully saturated rings. The maximum Gasteiger partial charge on any atom is 0.228 e. The molecule has 0 amide bonds. The largest absolute Gasteiger partial charge is 0.339 e. The lowest BCUT2D eigenvalue weighted by Gasteiger charge is -2.15. The molecule has 0 aliphatic heterocycles. The molecule has 0 aromatic carbocycles. The fourth-order valence-corrected chi connectivity index (χ4v) is 2.61. The zero-order valence-electron chi connectivity index (χ0n) is 11.4. The number of aromatic nitrogens is 2. The molecule has 3 unspecified atom stereocenters. The summed E-state index contributed by atoms with van der Waals surface area (Å²) >= 11 is 0. The molecule has 1 aromatic rings. The van der Waals surface area contributed by atoms with E-state index in [-0.39, 0.29) is 0 Å². The van der Waals surface area contributed by atoms with Crippen LogP contribution in [0.1, 0.15) is 57.2 Å². The highest BCUT2D eigenvalue weighted by Crippen LogP contribution is 2.45. The zero-order valence-corrected chi connectivity index (χ0v) is 11.4. The van der Waals surface area contributed by atoms with Crippen LogP contribution in [0.15, 0.2) is 4.52 Å². The van der Waals surface area contributed by atoms with Gasteiger partial charge in [0.2, 0.25) is 5.89 Å². The van der Waals surface area contributed by atoms with E-state index in [1.54, 1.807) is 0 Å². The van der Waals surface area contributed by atoms with E-state index in [2.05, 4.69) is 29.3 Å². The molecular weight excluding hydrogens is 226 g/mol. The Balaban J connectivity index is 1.57. The van der Waals surface area contributed by atoms with E-state index in [1.807, 2.05) is 0 Å². The molecule has 18 heavy (non-hydrogen) atoms. The monoisotopic (exact) mass is 249 g/mol. The van der Waals surface area contributed by atoms with E-state index in [4.69, 9.17) is 4.52 Å². The Morgan fingerprint density at radius 3 is 2.83 bits per heavy atom. The van der Waals surface area contributed by atoms with Crippen molar-refractivity contribution in [1.82, 2.24) is 15.5 Å². The van der Waals surface area contributed by atoms with Gasteiger partial charge < -0.3 is 9.84 Å². The van der Waals surface area contributed by atoms with Gasteiger partial charge in [-0.05, 0) is 44.1 Å². The Morgan fingerprint density at radius 1 is 1.44 bits per heavy atom. The second kappa shape index (κ2) is 5.00. The molecule has 0 spiro atoms. The summed E-state index contributed by atoms with van der Waals surface area (Å²) < 4.78 is 5.40. The molecule has 2 aliphatic rings. The predicted octanol–water partition coefficient (Wildman–Crippen LogP) is 2.51. The minimum atomic E-state index is 0.537. The van der Waals surface area contributed by atoms with Crippen LogP contribution >= 0.6 is 0 Å². The topological polar surface area (TPSA) is 51.0 Å². The zero-order chi connectivity index (χ0) is 12.5. The quantitative estimate of drug-likeness (QED) is 0.806. The summed E-state index contributed by atoms with van der Waals surface area (Å²) in [6.07, 6.45) is 6.00. The normalized spacial score (nSPS) is 28.3. The van der Waals surface area contributed by atoms with E-state index < -0.39 is 0 Å². The molecule has 3 rings (SSSR count). The van der Waals surface area contributed by atoms with Gasteiger partial charge in [0.25, 0.3) is 0 Å². The SMILES string of the molecule is CCCNC(Cc1nc(C2CC2C)no1)C1CC1. The van der Waals surface area contributed by atoms with Crippen molar-refractivity contribution in [3.8, 4) is 0 Å². The second-order valence-electron chi connectivity index (χ2n) is 5.97. The third-order valence-electron chi connectivity index (χ3n) is 4.17. The summed E-state index contributed by atoms with van der Waals surface area (Å²) in [7, 11) is 0. The average Bonchev–Trinajstić information content (AvgIpc) is 3.27. The van der Waals surface area contributed by atoms with E-state index in [0.717, 1.165) is 36.5 Å². The van der Waals surface area contributed by atoms with Crippen LogP contribution in [0.2, 0.25) is 0 Å². The molecule has 1 aromatic heterocycles. The van der Waals surface area contributed by atoms with Gasteiger partial charge in [-0.1, -0.05) is 19.0 Å². The van der Waals surface area contributed by atoms with Gasteiger partial charge in [-0.2, -0.15) is 4.98 Å². The van der Waals surface area contributed by atoms with Crippen molar-refractivity contribution in [2.45, 2.75) is 57.9 Å². The summed E-state index contributed by atoms with van der Waals surface area (Å²) in [5.41, 5.74) is 0. The Bertz CT molecular complexity index is 399. The molecule has 3 atom stereocenters. The third kappa shape index (κ3) is 2.74. The fourth-order valence-electron chi connectivity index (χ4n) is 2.61. The highest BCUT2D eigenvalue weighted by molar-refractivity contribution is 5.08. The smallest absolute Gasteiger partial charge is 0.228 e. The minimum absolute atomic E-state index is 0.537. The molecule has 4 heteroatoms. The lowest BCUT2D eigenvalue weighted by molar-refractivity contribution is 0.342. The second-order valence-corrected chi connectivity index (χ2v) is 5.97. The standard InChI is InChI=1S/C14H23N3O/c1-3-6-15-12(10-4-5-10)8-13-16-14(17-18-13)11-7-9(11)2/h9-12,15H,3-8H2,1-2H3. The van der Waals surface area contributed by atoms with Crippen molar-refractivity contribution >= 4 is 0 Å². The van der Waals surface area contributed by atoms with E-state index in [9.17, 15) is 0 Å². The minimum Gasteiger partial charge on any atom is -0.339 e. The number of rotatable bonds is 7. The first-order valence-electron chi connectivity index (χ1n) is 7.33. The van der Waals surface area contributed by atoms with Gasteiger partial charge in [0, 0.05) is 18.4 Å².